The molecule has 138 valence electrons. The molecule has 0 aromatic heterocycles. The zero-order chi connectivity index (χ0) is 18.6. The fourth-order valence-corrected chi connectivity index (χ4v) is 4.62. The first-order valence-corrected chi connectivity index (χ1v) is 10.2. The number of benzene rings is 2. The molecule has 1 fully saturated rings. The second-order valence-corrected chi connectivity index (χ2v) is 8.34. The summed E-state index contributed by atoms with van der Waals surface area (Å²) in [5.41, 5.74) is 0.769. The van der Waals surface area contributed by atoms with Crippen molar-refractivity contribution >= 4 is 15.7 Å². The van der Waals surface area contributed by atoms with Crippen LogP contribution in [0.15, 0.2) is 59.5 Å². The van der Waals surface area contributed by atoms with Gasteiger partial charge < -0.3 is 15.7 Å². The summed E-state index contributed by atoms with van der Waals surface area (Å²) in [5.74, 6) is -0.656. The fourth-order valence-electron chi connectivity index (χ4n) is 3.05. The summed E-state index contributed by atoms with van der Waals surface area (Å²) in [6, 6.07) is 14.7. The Bertz CT molecular complexity index is 868. The molecule has 1 heterocycles. The molecule has 26 heavy (non-hydrogen) atoms. The summed E-state index contributed by atoms with van der Waals surface area (Å²) in [4.78, 5) is 12.7. The number of carbonyl (C=O) groups is 1. The molecule has 0 radical (unpaired) electrons. The highest BCUT2D eigenvalue weighted by molar-refractivity contribution is 7.90. The van der Waals surface area contributed by atoms with Crippen molar-refractivity contribution in [2.75, 3.05) is 13.1 Å². The smallest absolute Gasteiger partial charge is 0.252 e. The molecule has 2 aromatic carbocycles. The number of hydrogen-bond acceptors (Lipinski definition) is 5. The number of piperidine rings is 1. The molecular formula is C19H22N2O4S. The molecule has 0 unspecified atom stereocenters. The van der Waals surface area contributed by atoms with Gasteiger partial charge in [-0.1, -0.05) is 42.5 Å². The number of amides is 1. The Morgan fingerprint density at radius 2 is 1.81 bits per heavy atom. The lowest BCUT2D eigenvalue weighted by Crippen LogP contribution is -2.52. The number of nitrogens with one attached hydrogen (secondary N) is 2. The van der Waals surface area contributed by atoms with Gasteiger partial charge in [0.15, 0.2) is 9.84 Å². The number of hydrogen-bond donors (Lipinski definition) is 3. The molecule has 0 aliphatic carbocycles. The van der Waals surface area contributed by atoms with Gasteiger partial charge in [0.2, 0.25) is 0 Å². The van der Waals surface area contributed by atoms with Crippen LogP contribution in [0.2, 0.25) is 0 Å². The molecule has 0 saturated carbocycles. The summed E-state index contributed by atoms with van der Waals surface area (Å²) in [6.45, 7) is 1.09. The predicted molar refractivity (Wildman–Crippen MR) is 98.5 cm³/mol. The molecule has 3 rings (SSSR count). The van der Waals surface area contributed by atoms with Crippen LogP contribution in [0.3, 0.4) is 0 Å². The van der Waals surface area contributed by atoms with Crippen LogP contribution >= 0.6 is 0 Å². The maximum atomic E-state index is 12.8. The van der Waals surface area contributed by atoms with E-state index in [2.05, 4.69) is 10.6 Å². The Labute approximate surface area is 153 Å². The maximum Gasteiger partial charge on any atom is 0.252 e. The molecule has 0 spiro atoms. The van der Waals surface area contributed by atoms with Gasteiger partial charge in [0.05, 0.1) is 28.4 Å². The van der Waals surface area contributed by atoms with E-state index in [1.807, 2.05) is 6.07 Å². The van der Waals surface area contributed by atoms with Gasteiger partial charge in [-0.05, 0) is 30.7 Å². The first kappa shape index (κ1) is 18.6. The molecular weight excluding hydrogens is 352 g/mol. The minimum Gasteiger partial charge on any atom is -0.390 e. The number of rotatable bonds is 5. The van der Waals surface area contributed by atoms with Crippen molar-refractivity contribution in [2.24, 2.45) is 0 Å². The Hall–Kier alpha value is -2.22. The number of sulfone groups is 1. The molecule has 1 saturated heterocycles. The second kappa shape index (κ2) is 7.99. The number of β-amino-alcohol motifs (C(OH)–C–C–N with tert-alkyl or cyclic N) is 1. The standard InChI is InChI=1S/C19H22N2O4S/c22-17-12-20-11-10-16(17)21-19(23)15-8-4-5-9-18(15)26(24,25)13-14-6-2-1-3-7-14/h1-9,16-17,20,22H,10-13H2,(H,21,23)/t16-,17-/m1/s1. The van der Waals surface area contributed by atoms with Gasteiger partial charge in [-0.2, -0.15) is 0 Å². The number of aliphatic hydroxyl groups is 1. The van der Waals surface area contributed by atoms with Crippen molar-refractivity contribution in [3.8, 4) is 0 Å². The Morgan fingerprint density at radius 1 is 1.12 bits per heavy atom. The van der Waals surface area contributed by atoms with E-state index in [0.29, 0.717) is 25.1 Å². The molecule has 7 heteroatoms. The summed E-state index contributed by atoms with van der Waals surface area (Å²) in [5, 5.41) is 15.8. The van der Waals surface area contributed by atoms with Gasteiger partial charge in [0.25, 0.3) is 5.91 Å². The zero-order valence-electron chi connectivity index (χ0n) is 14.3. The van der Waals surface area contributed by atoms with Gasteiger partial charge in [0.1, 0.15) is 0 Å². The van der Waals surface area contributed by atoms with E-state index in [-0.39, 0.29) is 16.2 Å². The van der Waals surface area contributed by atoms with Crippen molar-refractivity contribution in [3.63, 3.8) is 0 Å². The molecule has 2 atom stereocenters. The average molecular weight is 374 g/mol. The van der Waals surface area contributed by atoms with Crippen LogP contribution in [0.4, 0.5) is 0 Å². The van der Waals surface area contributed by atoms with Gasteiger partial charge in [-0.15, -0.1) is 0 Å². The Kier molecular flexibility index (Phi) is 5.70. The van der Waals surface area contributed by atoms with E-state index in [1.54, 1.807) is 36.4 Å². The van der Waals surface area contributed by atoms with Crippen LogP contribution in [0.5, 0.6) is 0 Å². The molecule has 0 bridgehead atoms. The van der Waals surface area contributed by atoms with Crippen molar-refractivity contribution in [2.45, 2.75) is 29.2 Å². The van der Waals surface area contributed by atoms with Crippen LogP contribution in [0, 0.1) is 0 Å². The topological polar surface area (TPSA) is 95.5 Å². The van der Waals surface area contributed by atoms with E-state index in [1.165, 1.54) is 12.1 Å². The number of aliphatic hydroxyl groups excluding tert-OH is 1. The summed E-state index contributed by atoms with van der Waals surface area (Å²) in [7, 11) is -3.68. The lowest BCUT2D eigenvalue weighted by Gasteiger charge is -2.29. The van der Waals surface area contributed by atoms with Gasteiger partial charge in [0, 0.05) is 6.54 Å². The third-order valence-electron chi connectivity index (χ3n) is 4.43. The summed E-state index contributed by atoms with van der Waals surface area (Å²) < 4.78 is 25.7. The quantitative estimate of drug-likeness (QED) is 0.729. The maximum absolute atomic E-state index is 12.8. The van der Waals surface area contributed by atoms with Crippen LogP contribution < -0.4 is 10.6 Å². The van der Waals surface area contributed by atoms with Crippen molar-refractivity contribution < 1.29 is 18.3 Å². The van der Waals surface area contributed by atoms with Gasteiger partial charge >= 0.3 is 0 Å². The second-order valence-electron chi connectivity index (χ2n) is 6.38. The van der Waals surface area contributed by atoms with Crippen LogP contribution in [-0.2, 0) is 15.6 Å². The summed E-state index contributed by atoms with van der Waals surface area (Å²) >= 11 is 0. The highest BCUT2D eigenvalue weighted by atomic mass is 32.2. The molecule has 1 aliphatic rings. The lowest BCUT2D eigenvalue weighted by molar-refractivity contribution is 0.0762. The van der Waals surface area contributed by atoms with Crippen LogP contribution in [0.25, 0.3) is 0 Å². The highest BCUT2D eigenvalue weighted by Gasteiger charge is 2.27. The Morgan fingerprint density at radius 3 is 2.54 bits per heavy atom. The molecule has 6 nitrogen and oxygen atoms in total. The summed E-state index contributed by atoms with van der Waals surface area (Å²) in [6.07, 6.45) is -0.105. The largest absolute Gasteiger partial charge is 0.390 e. The van der Waals surface area contributed by atoms with E-state index >= 15 is 0 Å². The van der Waals surface area contributed by atoms with Crippen molar-refractivity contribution in [3.05, 3.63) is 65.7 Å². The molecule has 2 aromatic rings. The fraction of sp³-hybridized carbons (Fsp3) is 0.316. The third-order valence-corrected chi connectivity index (χ3v) is 6.17. The van der Waals surface area contributed by atoms with Crippen molar-refractivity contribution in [1.82, 2.24) is 10.6 Å². The molecule has 1 aliphatic heterocycles. The number of carbonyl (C=O) groups excluding carboxylic acids is 1. The van der Waals surface area contributed by atoms with E-state index < -0.39 is 27.9 Å². The first-order valence-electron chi connectivity index (χ1n) is 8.53. The molecule has 1 amide bonds. The van der Waals surface area contributed by atoms with Crippen LogP contribution in [0.1, 0.15) is 22.3 Å². The van der Waals surface area contributed by atoms with Gasteiger partial charge in [-0.25, -0.2) is 8.42 Å². The molecule has 3 N–H and O–H groups in total. The lowest BCUT2D eigenvalue weighted by atomic mass is 10.0. The first-order chi connectivity index (χ1) is 12.5. The third kappa shape index (κ3) is 4.30. The van der Waals surface area contributed by atoms with Crippen molar-refractivity contribution in [1.29, 1.82) is 0 Å². The van der Waals surface area contributed by atoms with Crippen LogP contribution in [-0.4, -0.2) is 44.7 Å². The average Bonchev–Trinajstić information content (AvgIpc) is 2.64. The SMILES string of the molecule is O=C(N[C@@H]1CCNC[C@H]1O)c1ccccc1S(=O)(=O)Cc1ccccc1. The Balaban J connectivity index is 1.84. The van der Waals surface area contributed by atoms with E-state index in [4.69, 9.17) is 0 Å². The minimum atomic E-state index is -3.68. The van der Waals surface area contributed by atoms with E-state index in [9.17, 15) is 18.3 Å². The highest BCUT2D eigenvalue weighted by Crippen LogP contribution is 2.21. The zero-order valence-corrected chi connectivity index (χ0v) is 15.1. The predicted octanol–water partition coefficient (Wildman–Crippen LogP) is 1.11. The van der Waals surface area contributed by atoms with E-state index in [0.717, 1.165) is 0 Å². The minimum absolute atomic E-state index is 0.00442. The normalized spacial score (nSPS) is 20.5. The monoisotopic (exact) mass is 374 g/mol. The van der Waals surface area contributed by atoms with Gasteiger partial charge in [-0.3, -0.25) is 4.79 Å².